The zero-order valence-corrected chi connectivity index (χ0v) is 13.8. The van der Waals surface area contributed by atoms with Crippen LogP contribution in [0.1, 0.15) is 30.5 Å². The van der Waals surface area contributed by atoms with Crippen LogP contribution in [0.4, 0.5) is 0 Å². The number of rotatable bonds is 3. The van der Waals surface area contributed by atoms with Crippen molar-refractivity contribution in [3.05, 3.63) is 33.9 Å². The molecule has 1 fully saturated rings. The van der Waals surface area contributed by atoms with E-state index in [1.54, 1.807) is 4.90 Å². The lowest BCUT2D eigenvalue weighted by atomic mass is 10.1. The minimum atomic E-state index is -0.269. The summed E-state index contributed by atoms with van der Waals surface area (Å²) in [4.78, 5) is 32.7. The molecule has 8 nitrogen and oxygen atoms in total. The van der Waals surface area contributed by atoms with Crippen molar-refractivity contribution in [1.82, 2.24) is 24.4 Å². The van der Waals surface area contributed by atoms with Crippen LogP contribution in [0.25, 0.3) is 5.65 Å². The lowest BCUT2D eigenvalue weighted by molar-refractivity contribution is -0.134. The van der Waals surface area contributed by atoms with Crippen LogP contribution in [0.15, 0.2) is 17.1 Å². The number of nitrogens with zero attached hydrogens (tertiary/aromatic N) is 5. The van der Waals surface area contributed by atoms with E-state index in [2.05, 4.69) is 10.1 Å². The first kappa shape index (κ1) is 16.2. The summed E-state index contributed by atoms with van der Waals surface area (Å²) in [6, 6.07) is 3.24. The van der Waals surface area contributed by atoms with Crippen LogP contribution in [0.5, 0.6) is 0 Å². The van der Waals surface area contributed by atoms with Crippen LogP contribution in [0.2, 0.25) is 0 Å². The topological polar surface area (TPSA) is 97.5 Å². The molecule has 2 aromatic heterocycles. The average molecular weight is 328 g/mol. The van der Waals surface area contributed by atoms with Gasteiger partial charge in [0.1, 0.15) is 11.6 Å². The number of aromatic amines is 1. The van der Waals surface area contributed by atoms with Crippen molar-refractivity contribution in [2.24, 2.45) is 0 Å². The van der Waals surface area contributed by atoms with Gasteiger partial charge in [-0.25, -0.2) is 9.50 Å². The Bertz CT molecular complexity index is 862. The summed E-state index contributed by atoms with van der Waals surface area (Å²) in [5.74, 6) is 0.104. The molecule has 0 bridgehead atoms. The summed E-state index contributed by atoms with van der Waals surface area (Å²) in [7, 11) is 3.69. The maximum atomic E-state index is 12.5. The fourth-order valence-corrected chi connectivity index (χ4v) is 3.14. The first-order valence-corrected chi connectivity index (χ1v) is 7.96. The van der Waals surface area contributed by atoms with Crippen molar-refractivity contribution >= 4 is 11.6 Å². The number of carbonyl (C=O) groups excluding carboxylic acids is 1. The highest BCUT2D eigenvalue weighted by molar-refractivity contribution is 5.81. The van der Waals surface area contributed by atoms with E-state index >= 15 is 0 Å². The highest BCUT2D eigenvalue weighted by Crippen LogP contribution is 2.17. The predicted molar refractivity (Wildman–Crippen MR) is 87.3 cm³/mol. The van der Waals surface area contributed by atoms with Crippen molar-refractivity contribution in [2.75, 3.05) is 20.6 Å². The Balaban J connectivity index is 1.87. The van der Waals surface area contributed by atoms with E-state index in [0.717, 1.165) is 25.8 Å². The second kappa shape index (κ2) is 6.45. The number of carbonyl (C=O) groups is 1. The van der Waals surface area contributed by atoms with Gasteiger partial charge in [-0.3, -0.25) is 19.6 Å². The van der Waals surface area contributed by atoms with Crippen LogP contribution in [0.3, 0.4) is 0 Å². The summed E-state index contributed by atoms with van der Waals surface area (Å²) in [5.41, 5.74) is 0.923. The van der Waals surface area contributed by atoms with Gasteiger partial charge in [0, 0.05) is 32.4 Å². The molecule has 8 heteroatoms. The summed E-state index contributed by atoms with van der Waals surface area (Å²) in [6.07, 6.45) is 4.26. The fraction of sp³-hybridized carbons (Fsp3) is 0.500. The number of likely N-dealkylation sites (tertiary alicyclic amines) is 1. The summed E-state index contributed by atoms with van der Waals surface area (Å²) in [5, 5.41) is 11.8. The molecule has 1 atom stereocenters. The summed E-state index contributed by atoms with van der Waals surface area (Å²) in [6.45, 7) is 1.16. The van der Waals surface area contributed by atoms with E-state index in [1.165, 1.54) is 16.8 Å². The molecule has 1 amide bonds. The molecule has 126 valence electrons. The SMILES string of the molecule is CN1CCCCC(N(C)Cc2cc(=O)n3[nH]cc(C#N)c3n2)C1=O. The molecule has 3 rings (SSSR count). The van der Waals surface area contributed by atoms with Crippen LogP contribution in [-0.2, 0) is 11.3 Å². The highest BCUT2D eigenvalue weighted by atomic mass is 16.2. The van der Waals surface area contributed by atoms with E-state index in [4.69, 9.17) is 5.26 Å². The molecular weight excluding hydrogens is 308 g/mol. The minimum absolute atomic E-state index is 0.104. The van der Waals surface area contributed by atoms with Gasteiger partial charge in [-0.15, -0.1) is 0 Å². The highest BCUT2D eigenvalue weighted by Gasteiger charge is 2.28. The third-order valence-corrected chi connectivity index (χ3v) is 4.50. The average Bonchev–Trinajstić information content (AvgIpc) is 2.89. The molecule has 1 unspecified atom stereocenters. The molecule has 0 spiro atoms. The molecule has 0 aromatic carbocycles. The molecule has 1 aliphatic heterocycles. The molecule has 1 aliphatic rings. The van der Waals surface area contributed by atoms with Crippen LogP contribution in [-0.4, -0.2) is 57.0 Å². The number of hydrogen-bond donors (Lipinski definition) is 1. The summed E-state index contributed by atoms with van der Waals surface area (Å²) < 4.78 is 1.24. The maximum Gasteiger partial charge on any atom is 0.272 e. The van der Waals surface area contributed by atoms with Crippen molar-refractivity contribution in [1.29, 1.82) is 5.26 Å². The third kappa shape index (κ3) is 2.90. The third-order valence-electron chi connectivity index (χ3n) is 4.50. The predicted octanol–water partition coefficient (Wildman–Crippen LogP) is 0.337. The smallest absolute Gasteiger partial charge is 0.272 e. The quantitative estimate of drug-likeness (QED) is 0.876. The maximum absolute atomic E-state index is 12.5. The zero-order valence-electron chi connectivity index (χ0n) is 13.8. The van der Waals surface area contributed by atoms with Gasteiger partial charge in [-0.2, -0.15) is 5.26 Å². The number of H-pyrrole nitrogens is 1. The van der Waals surface area contributed by atoms with Gasteiger partial charge in [-0.05, 0) is 26.3 Å². The number of likely N-dealkylation sites (N-methyl/N-ethyl adjacent to an activating group) is 2. The number of fused-ring (bicyclic) bond motifs is 1. The number of hydrogen-bond acceptors (Lipinski definition) is 5. The minimum Gasteiger partial charge on any atom is -0.344 e. The van der Waals surface area contributed by atoms with Gasteiger partial charge in [0.25, 0.3) is 5.56 Å². The Morgan fingerprint density at radius 3 is 3.00 bits per heavy atom. The Morgan fingerprint density at radius 2 is 2.25 bits per heavy atom. The van der Waals surface area contributed by atoms with E-state index < -0.39 is 0 Å². The van der Waals surface area contributed by atoms with Crippen molar-refractivity contribution in [3.63, 3.8) is 0 Å². The molecule has 0 aliphatic carbocycles. The van der Waals surface area contributed by atoms with E-state index in [-0.39, 0.29) is 17.5 Å². The van der Waals surface area contributed by atoms with Crippen molar-refractivity contribution in [3.8, 4) is 6.07 Å². The molecule has 2 aromatic rings. The van der Waals surface area contributed by atoms with E-state index in [0.29, 0.717) is 23.4 Å². The Kier molecular flexibility index (Phi) is 4.36. The van der Waals surface area contributed by atoms with Gasteiger partial charge in [-0.1, -0.05) is 0 Å². The molecular formula is C16H20N6O2. The largest absolute Gasteiger partial charge is 0.344 e. The number of nitrogens with one attached hydrogen (secondary N) is 1. The second-order valence-corrected chi connectivity index (χ2v) is 6.23. The number of nitriles is 1. The van der Waals surface area contributed by atoms with Gasteiger partial charge in [0.2, 0.25) is 5.91 Å². The molecule has 1 N–H and O–H groups in total. The molecule has 24 heavy (non-hydrogen) atoms. The molecule has 3 heterocycles. The van der Waals surface area contributed by atoms with Crippen molar-refractivity contribution in [2.45, 2.75) is 31.8 Å². The normalized spacial score (nSPS) is 18.8. The Labute approximate surface area is 139 Å². The van der Waals surface area contributed by atoms with E-state index in [9.17, 15) is 9.59 Å². The van der Waals surface area contributed by atoms with Gasteiger partial charge >= 0.3 is 0 Å². The van der Waals surface area contributed by atoms with Gasteiger partial charge < -0.3 is 4.90 Å². The number of amides is 1. The lowest BCUT2D eigenvalue weighted by Crippen LogP contribution is -2.44. The molecule has 0 radical (unpaired) electrons. The first-order chi connectivity index (χ1) is 11.5. The molecule has 0 saturated carbocycles. The fourth-order valence-electron chi connectivity index (χ4n) is 3.14. The van der Waals surface area contributed by atoms with Crippen molar-refractivity contribution < 1.29 is 4.79 Å². The number of aromatic nitrogens is 3. The van der Waals surface area contributed by atoms with Gasteiger partial charge in [0.15, 0.2) is 5.65 Å². The summed E-state index contributed by atoms with van der Waals surface area (Å²) >= 11 is 0. The monoisotopic (exact) mass is 328 g/mol. The van der Waals surface area contributed by atoms with Crippen LogP contribution < -0.4 is 5.56 Å². The molecule has 1 saturated heterocycles. The van der Waals surface area contributed by atoms with Gasteiger partial charge in [0.05, 0.1) is 11.7 Å². The van der Waals surface area contributed by atoms with E-state index in [1.807, 2.05) is 25.1 Å². The standard InChI is InChI=1S/C16H20N6O2/c1-20-6-4-3-5-13(16(20)24)21(2)10-12-7-14(23)22-15(19-12)11(8-17)9-18-22/h7,9,13,18H,3-6,10H2,1-2H3. The van der Waals surface area contributed by atoms with Crippen LogP contribution in [0, 0.1) is 11.3 Å². The zero-order chi connectivity index (χ0) is 17.3. The van der Waals surface area contributed by atoms with Crippen LogP contribution >= 0.6 is 0 Å². The Hall–Kier alpha value is -2.66. The second-order valence-electron chi connectivity index (χ2n) is 6.23. The first-order valence-electron chi connectivity index (χ1n) is 7.96. The lowest BCUT2D eigenvalue weighted by Gasteiger charge is -2.28. The Morgan fingerprint density at radius 1 is 1.46 bits per heavy atom.